The van der Waals surface area contributed by atoms with Crippen molar-refractivity contribution in [2.45, 2.75) is 52.1 Å². The number of halogens is 1. The number of hydrogen-bond donors (Lipinski definition) is 1. The molecule has 0 bridgehead atoms. The van der Waals surface area contributed by atoms with Crippen LogP contribution in [0.2, 0.25) is 0 Å². The van der Waals surface area contributed by atoms with Gasteiger partial charge in [-0.15, -0.1) is 5.10 Å². The molecule has 1 fully saturated rings. The summed E-state index contributed by atoms with van der Waals surface area (Å²) in [5.41, 5.74) is 0.609. The first-order chi connectivity index (χ1) is 12.5. The second-order valence-corrected chi connectivity index (χ2v) is 7.67. The van der Waals surface area contributed by atoms with Crippen LogP contribution in [0.25, 0.3) is 0 Å². The summed E-state index contributed by atoms with van der Waals surface area (Å²) in [6, 6.07) is 7.29. The van der Waals surface area contributed by atoms with E-state index in [-0.39, 0.29) is 17.4 Å². The molecule has 142 valence electrons. The molecular formula is C19H30FN6+. The third-order valence-electron chi connectivity index (χ3n) is 5.74. The van der Waals surface area contributed by atoms with Crippen LogP contribution in [0.3, 0.4) is 0 Å². The van der Waals surface area contributed by atoms with Crippen LogP contribution in [0.15, 0.2) is 24.3 Å². The van der Waals surface area contributed by atoms with Crippen molar-refractivity contribution in [3.63, 3.8) is 0 Å². The second-order valence-electron chi connectivity index (χ2n) is 7.67. The number of nitrogens with zero attached hydrogens (tertiary/aromatic N) is 5. The fourth-order valence-corrected chi connectivity index (χ4v) is 3.74. The van der Waals surface area contributed by atoms with E-state index in [4.69, 9.17) is 0 Å². The van der Waals surface area contributed by atoms with E-state index < -0.39 is 0 Å². The molecule has 1 aromatic carbocycles. The van der Waals surface area contributed by atoms with Crippen molar-refractivity contribution in [2.24, 2.45) is 0 Å². The van der Waals surface area contributed by atoms with Crippen molar-refractivity contribution >= 4 is 5.69 Å². The van der Waals surface area contributed by atoms with Gasteiger partial charge in [0.15, 0.2) is 0 Å². The lowest BCUT2D eigenvalue weighted by atomic mass is 10.0. The van der Waals surface area contributed by atoms with E-state index in [1.807, 2.05) is 16.8 Å². The van der Waals surface area contributed by atoms with E-state index in [0.29, 0.717) is 5.69 Å². The topological polar surface area (TPSA) is 51.3 Å². The number of aromatic nitrogens is 4. The maximum absolute atomic E-state index is 14.1. The maximum Gasteiger partial charge on any atom is 0.209 e. The molecule has 0 aliphatic carbocycles. The first kappa shape index (κ1) is 18.8. The molecule has 0 radical (unpaired) electrons. The zero-order valence-electron chi connectivity index (χ0n) is 16.2. The lowest BCUT2D eigenvalue weighted by Crippen LogP contribution is -3.15. The maximum atomic E-state index is 14.1. The molecule has 2 aromatic rings. The van der Waals surface area contributed by atoms with Gasteiger partial charge in [0, 0.05) is 6.42 Å². The molecule has 0 unspecified atom stereocenters. The highest BCUT2D eigenvalue weighted by atomic mass is 19.1. The molecule has 1 aliphatic rings. The molecule has 0 amide bonds. The van der Waals surface area contributed by atoms with E-state index in [1.165, 1.54) is 11.0 Å². The van der Waals surface area contributed by atoms with Gasteiger partial charge in [-0.25, -0.2) is 9.07 Å². The Morgan fingerprint density at radius 3 is 2.50 bits per heavy atom. The van der Waals surface area contributed by atoms with Crippen LogP contribution in [0, 0.1) is 5.82 Å². The smallest absolute Gasteiger partial charge is 0.209 e. The number of tetrazole rings is 1. The summed E-state index contributed by atoms with van der Waals surface area (Å²) in [7, 11) is 0. The summed E-state index contributed by atoms with van der Waals surface area (Å²) in [6.07, 6.45) is 1.95. The number of anilines is 1. The lowest BCUT2D eigenvalue weighted by molar-refractivity contribution is -0.933. The van der Waals surface area contributed by atoms with Crippen LogP contribution in [0.5, 0.6) is 0 Å². The molecule has 1 saturated heterocycles. The van der Waals surface area contributed by atoms with E-state index in [0.717, 1.165) is 44.8 Å². The number of hydrogen-bond acceptors (Lipinski definition) is 4. The molecule has 1 aromatic heterocycles. The van der Waals surface area contributed by atoms with Crippen LogP contribution in [-0.4, -0.2) is 46.4 Å². The summed E-state index contributed by atoms with van der Waals surface area (Å²) in [6.45, 7) is 12.3. The van der Waals surface area contributed by atoms with E-state index in [2.05, 4.69) is 48.1 Å². The zero-order chi connectivity index (χ0) is 18.7. The number of rotatable bonds is 6. The standard InChI is InChI=1S/C19H29FN6/c1-5-16(18-21-22-23-26(18)19(3,4)6-2)24-11-13-25(14-12-24)17-10-8-7-9-15(17)20/h7-10,16H,5-6,11-14H2,1-4H3/p+1/t16-/m0/s1. The highest BCUT2D eigenvalue weighted by Crippen LogP contribution is 2.23. The molecule has 1 N–H and O–H groups in total. The largest absolute Gasteiger partial charge is 0.358 e. The number of quaternary nitrogens is 1. The van der Waals surface area contributed by atoms with Gasteiger partial charge < -0.3 is 9.80 Å². The normalized spacial score (nSPS) is 17.5. The molecule has 2 heterocycles. The van der Waals surface area contributed by atoms with Gasteiger partial charge in [-0.2, -0.15) is 0 Å². The van der Waals surface area contributed by atoms with Crippen LogP contribution in [0.1, 0.15) is 52.4 Å². The summed E-state index contributed by atoms with van der Waals surface area (Å²) in [5, 5.41) is 12.6. The second kappa shape index (κ2) is 7.70. The number of piperazine rings is 1. The fraction of sp³-hybridized carbons (Fsp3) is 0.632. The monoisotopic (exact) mass is 361 g/mol. The van der Waals surface area contributed by atoms with Crippen LogP contribution in [0.4, 0.5) is 10.1 Å². The highest BCUT2D eigenvalue weighted by molar-refractivity contribution is 5.47. The Labute approximate surface area is 155 Å². The fourth-order valence-electron chi connectivity index (χ4n) is 3.74. The SMILES string of the molecule is CC[C@@H](c1nnnn1C(C)(C)CC)[NH+]1CCN(c2ccccc2F)CC1. The molecule has 1 aliphatic heterocycles. The summed E-state index contributed by atoms with van der Waals surface area (Å²) < 4.78 is 16.1. The molecular weight excluding hydrogens is 331 g/mol. The van der Waals surface area contributed by atoms with Crippen molar-refractivity contribution < 1.29 is 9.29 Å². The zero-order valence-corrected chi connectivity index (χ0v) is 16.2. The molecule has 0 spiro atoms. The van der Waals surface area contributed by atoms with Crippen LogP contribution < -0.4 is 9.80 Å². The first-order valence-electron chi connectivity index (χ1n) is 9.60. The Balaban J connectivity index is 1.74. The minimum atomic E-state index is -0.142. The third-order valence-corrected chi connectivity index (χ3v) is 5.74. The summed E-state index contributed by atoms with van der Waals surface area (Å²) >= 11 is 0. The third kappa shape index (κ3) is 3.58. The number of nitrogens with one attached hydrogen (secondary N) is 1. The molecule has 3 rings (SSSR count). The Hall–Kier alpha value is -2.02. The first-order valence-corrected chi connectivity index (χ1v) is 9.60. The van der Waals surface area contributed by atoms with Gasteiger partial charge >= 0.3 is 0 Å². The van der Waals surface area contributed by atoms with Gasteiger partial charge in [0.2, 0.25) is 5.82 Å². The predicted octanol–water partition coefficient (Wildman–Crippen LogP) is 1.81. The Morgan fingerprint density at radius 2 is 1.88 bits per heavy atom. The predicted molar refractivity (Wildman–Crippen MR) is 99.8 cm³/mol. The molecule has 1 atom stereocenters. The van der Waals surface area contributed by atoms with Crippen LogP contribution in [-0.2, 0) is 5.54 Å². The van der Waals surface area contributed by atoms with Crippen molar-refractivity contribution in [1.82, 2.24) is 20.2 Å². The lowest BCUT2D eigenvalue weighted by Gasteiger charge is -2.37. The molecule has 26 heavy (non-hydrogen) atoms. The summed E-state index contributed by atoms with van der Waals surface area (Å²) in [4.78, 5) is 3.62. The summed E-state index contributed by atoms with van der Waals surface area (Å²) in [5.74, 6) is 0.824. The van der Waals surface area contributed by atoms with E-state index >= 15 is 0 Å². The Kier molecular flexibility index (Phi) is 5.55. The Morgan fingerprint density at radius 1 is 1.19 bits per heavy atom. The van der Waals surface area contributed by atoms with Crippen molar-refractivity contribution in [3.05, 3.63) is 35.9 Å². The van der Waals surface area contributed by atoms with Crippen molar-refractivity contribution in [2.75, 3.05) is 31.1 Å². The van der Waals surface area contributed by atoms with Gasteiger partial charge in [0.05, 0.1) is 37.4 Å². The van der Waals surface area contributed by atoms with Gasteiger partial charge in [0.25, 0.3) is 0 Å². The van der Waals surface area contributed by atoms with Crippen LogP contribution >= 0.6 is 0 Å². The highest BCUT2D eigenvalue weighted by Gasteiger charge is 2.35. The number of para-hydroxylation sites is 1. The van der Waals surface area contributed by atoms with Crippen molar-refractivity contribution in [1.29, 1.82) is 0 Å². The van der Waals surface area contributed by atoms with E-state index in [9.17, 15) is 4.39 Å². The minimum absolute atomic E-state index is 0.0965. The molecule has 6 nitrogen and oxygen atoms in total. The van der Waals surface area contributed by atoms with Crippen molar-refractivity contribution in [3.8, 4) is 0 Å². The number of benzene rings is 1. The van der Waals surface area contributed by atoms with Gasteiger partial charge in [-0.05, 0) is 42.8 Å². The minimum Gasteiger partial charge on any atom is -0.358 e. The molecule has 7 heteroatoms. The quantitative estimate of drug-likeness (QED) is 0.853. The average molecular weight is 361 g/mol. The van der Waals surface area contributed by atoms with Gasteiger partial charge in [-0.3, -0.25) is 0 Å². The average Bonchev–Trinajstić information content (AvgIpc) is 3.14. The molecule has 0 saturated carbocycles. The van der Waals surface area contributed by atoms with Gasteiger partial charge in [0.1, 0.15) is 11.9 Å². The van der Waals surface area contributed by atoms with E-state index in [1.54, 1.807) is 6.07 Å². The Bertz CT molecular complexity index is 720. The van der Waals surface area contributed by atoms with Gasteiger partial charge in [-0.1, -0.05) is 26.0 Å².